The van der Waals surface area contributed by atoms with Crippen LogP contribution in [-0.4, -0.2) is 7.11 Å². The molecule has 0 N–H and O–H groups in total. The van der Waals surface area contributed by atoms with Crippen LogP contribution >= 0.6 is 15.9 Å². The monoisotopic (exact) mass is 214 g/mol. The van der Waals surface area contributed by atoms with E-state index in [0.717, 1.165) is 10.2 Å². The average Bonchev–Trinajstić information content (AvgIpc) is 1.96. The molecular formula is C9H11BrO. The third-order valence-electron chi connectivity index (χ3n) is 1.80. The van der Waals surface area contributed by atoms with Crippen LogP contribution in [0.5, 0.6) is 5.75 Å². The molecule has 0 atom stereocenters. The molecule has 0 aliphatic rings. The van der Waals surface area contributed by atoms with Crippen molar-refractivity contribution < 1.29 is 4.74 Å². The smallest absolute Gasteiger partial charge is 0.123 e. The highest BCUT2D eigenvalue weighted by Crippen LogP contribution is 2.25. The third kappa shape index (κ3) is 1.74. The van der Waals surface area contributed by atoms with Crippen molar-refractivity contribution in [3.05, 3.63) is 27.7 Å². The van der Waals surface area contributed by atoms with Crippen LogP contribution in [-0.2, 0) is 0 Å². The second-order valence-electron chi connectivity index (χ2n) is 2.55. The zero-order valence-corrected chi connectivity index (χ0v) is 8.53. The largest absolute Gasteiger partial charge is 0.496 e. The van der Waals surface area contributed by atoms with E-state index in [-0.39, 0.29) is 0 Å². The molecule has 1 nitrogen and oxygen atoms in total. The Morgan fingerprint density at radius 1 is 1.27 bits per heavy atom. The summed E-state index contributed by atoms with van der Waals surface area (Å²) in [4.78, 5) is 0. The van der Waals surface area contributed by atoms with Gasteiger partial charge in [0.2, 0.25) is 0 Å². The van der Waals surface area contributed by atoms with Gasteiger partial charge in [0, 0.05) is 4.47 Å². The predicted octanol–water partition coefficient (Wildman–Crippen LogP) is 3.07. The van der Waals surface area contributed by atoms with E-state index in [9.17, 15) is 0 Å². The molecule has 1 rings (SSSR count). The van der Waals surface area contributed by atoms with Crippen LogP contribution in [0.15, 0.2) is 16.6 Å². The molecule has 0 fully saturated rings. The van der Waals surface area contributed by atoms with Gasteiger partial charge in [-0.1, -0.05) is 15.9 Å². The Morgan fingerprint density at radius 2 is 1.91 bits per heavy atom. The SMILES string of the molecule is COc1cc(Br)cc(C)c1C. The highest BCUT2D eigenvalue weighted by Gasteiger charge is 2.01. The standard InChI is InChI=1S/C9H11BrO/c1-6-4-8(10)5-9(11-3)7(6)2/h4-5H,1-3H3. The van der Waals surface area contributed by atoms with Gasteiger partial charge in [-0.25, -0.2) is 0 Å². The van der Waals surface area contributed by atoms with Gasteiger partial charge in [-0.05, 0) is 37.1 Å². The second-order valence-corrected chi connectivity index (χ2v) is 3.47. The molecule has 0 aromatic heterocycles. The number of halogens is 1. The predicted molar refractivity (Wildman–Crippen MR) is 50.2 cm³/mol. The number of benzene rings is 1. The maximum absolute atomic E-state index is 5.18. The van der Waals surface area contributed by atoms with Gasteiger partial charge in [-0.15, -0.1) is 0 Å². The van der Waals surface area contributed by atoms with Gasteiger partial charge in [0.25, 0.3) is 0 Å². The number of hydrogen-bond acceptors (Lipinski definition) is 1. The molecule has 0 saturated heterocycles. The Balaban J connectivity index is 3.24. The van der Waals surface area contributed by atoms with Gasteiger partial charge in [0.1, 0.15) is 5.75 Å². The lowest BCUT2D eigenvalue weighted by molar-refractivity contribution is 0.411. The van der Waals surface area contributed by atoms with Crippen molar-refractivity contribution in [2.24, 2.45) is 0 Å². The van der Waals surface area contributed by atoms with Gasteiger partial charge in [0.05, 0.1) is 7.11 Å². The normalized spacial score (nSPS) is 9.82. The third-order valence-corrected chi connectivity index (χ3v) is 2.26. The first-order valence-corrected chi connectivity index (χ1v) is 4.25. The molecule has 0 aliphatic carbocycles. The summed E-state index contributed by atoms with van der Waals surface area (Å²) >= 11 is 3.41. The zero-order valence-electron chi connectivity index (χ0n) is 6.94. The fourth-order valence-electron chi connectivity index (χ4n) is 0.997. The Kier molecular flexibility index (Phi) is 2.55. The highest BCUT2D eigenvalue weighted by molar-refractivity contribution is 9.10. The highest BCUT2D eigenvalue weighted by atomic mass is 79.9. The lowest BCUT2D eigenvalue weighted by Crippen LogP contribution is -1.89. The van der Waals surface area contributed by atoms with E-state index >= 15 is 0 Å². The minimum absolute atomic E-state index is 0.942. The van der Waals surface area contributed by atoms with Crippen molar-refractivity contribution >= 4 is 15.9 Å². The van der Waals surface area contributed by atoms with E-state index in [1.54, 1.807) is 7.11 Å². The Bertz CT molecular complexity index is 269. The Labute approximate surface area is 75.5 Å². The lowest BCUT2D eigenvalue weighted by atomic mass is 10.1. The summed E-state index contributed by atoms with van der Waals surface area (Å²) in [6.45, 7) is 4.13. The summed E-state index contributed by atoms with van der Waals surface area (Å²) in [5, 5.41) is 0. The quantitative estimate of drug-likeness (QED) is 0.699. The van der Waals surface area contributed by atoms with Crippen LogP contribution in [0.2, 0.25) is 0 Å². The number of aryl methyl sites for hydroxylation is 1. The summed E-state index contributed by atoms with van der Waals surface area (Å²) in [5.74, 6) is 0.942. The van der Waals surface area contributed by atoms with Crippen molar-refractivity contribution in [2.75, 3.05) is 7.11 Å². The van der Waals surface area contributed by atoms with E-state index in [2.05, 4.69) is 35.8 Å². The molecule has 0 saturated carbocycles. The average molecular weight is 215 g/mol. The fourth-order valence-corrected chi connectivity index (χ4v) is 1.55. The summed E-state index contributed by atoms with van der Waals surface area (Å²) in [6.07, 6.45) is 0. The topological polar surface area (TPSA) is 9.23 Å². The molecule has 1 aromatic carbocycles. The zero-order chi connectivity index (χ0) is 8.43. The van der Waals surface area contributed by atoms with E-state index in [0.29, 0.717) is 0 Å². The first-order valence-electron chi connectivity index (χ1n) is 3.46. The number of ether oxygens (including phenoxy) is 1. The molecule has 0 amide bonds. The van der Waals surface area contributed by atoms with Crippen molar-refractivity contribution in [1.29, 1.82) is 0 Å². The molecule has 0 heterocycles. The van der Waals surface area contributed by atoms with Crippen LogP contribution in [0.25, 0.3) is 0 Å². The second kappa shape index (κ2) is 3.26. The Morgan fingerprint density at radius 3 is 2.45 bits per heavy atom. The van der Waals surface area contributed by atoms with Crippen molar-refractivity contribution in [1.82, 2.24) is 0 Å². The summed E-state index contributed by atoms with van der Waals surface area (Å²) in [7, 11) is 1.69. The van der Waals surface area contributed by atoms with Crippen LogP contribution in [0.3, 0.4) is 0 Å². The minimum atomic E-state index is 0.942. The van der Waals surface area contributed by atoms with Crippen molar-refractivity contribution in [3.63, 3.8) is 0 Å². The number of rotatable bonds is 1. The van der Waals surface area contributed by atoms with E-state index in [4.69, 9.17) is 4.74 Å². The molecule has 1 aromatic rings. The van der Waals surface area contributed by atoms with Crippen LogP contribution in [0, 0.1) is 13.8 Å². The Hall–Kier alpha value is -0.500. The van der Waals surface area contributed by atoms with Gasteiger partial charge >= 0.3 is 0 Å². The van der Waals surface area contributed by atoms with Gasteiger partial charge < -0.3 is 4.74 Å². The van der Waals surface area contributed by atoms with E-state index in [1.807, 2.05) is 6.07 Å². The molecule has 0 radical (unpaired) electrons. The van der Waals surface area contributed by atoms with Gasteiger partial charge in [-0.3, -0.25) is 0 Å². The summed E-state index contributed by atoms with van der Waals surface area (Å²) in [6, 6.07) is 4.06. The van der Waals surface area contributed by atoms with Crippen LogP contribution in [0.4, 0.5) is 0 Å². The van der Waals surface area contributed by atoms with Crippen molar-refractivity contribution in [2.45, 2.75) is 13.8 Å². The van der Waals surface area contributed by atoms with Gasteiger partial charge in [0.15, 0.2) is 0 Å². The fraction of sp³-hybridized carbons (Fsp3) is 0.333. The number of methoxy groups -OCH3 is 1. The molecule has 0 spiro atoms. The van der Waals surface area contributed by atoms with Crippen molar-refractivity contribution in [3.8, 4) is 5.75 Å². The molecule has 60 valence electrons. The van der Waals surface area contributed by atoms with Crippen LogP contribution < -0.4 is 4.74 Å². The lowest BCUT2D eigenvalue weighted by Gasteiger charge is -2.07. The number of hydrogen-bond donors (Lipinski definition) is 0. The summed E-state index contributed by atoms with van der Waals surface area (Å²) < 4.78 is 6.24. The minimum Gasteiger partial charge on any atom is -0.496 e. The molecule has 0 bridgehead atoms. The molecule has 2 heteroatoms. The molecule has 11 heavy (non-hydrogen) atoms. The molecule has 0 unspecified atom stereocenters. The molecular weight excluding hydrogens is 204 g/mol. The first-order chi connectivity index (χ1) is 5.15. The van der Waals surface area contributed by atoms with E-state index in [1.165, 1.54) is 11.1 Å². The maximum atomic E-state index is 5.18. The first kappa shape index (κ1) is 8.60. The maximum Gasteiger partial charge on any atom is 0.123 e. The molecule has 0 aliphatic heterocycles. The van der Waals surface area contributed by atoms with Gasteiger partial charge in [-0.2, -0.15) is 0 Å². The summed E-state index contributed by atoms with van der Waals surface area (Å²) in [5.41, 5.74) is 2.45. The van der Waals surface area contributed by atoms with E-state index < -0.39 is 0 Å². The van der Waals surface area contributed by atoms with Crippen LogP contribution in [0.1, 0.15) is 11.1 Å².